The van der Waals surface area contributed by atoms with Gasteiger partial charge in [0.25, 0.3) is 0 Å². The molecule has 0 N–H and O–H groups in total. The van der Waals surface area contributed by atoms with Gasteiger partial charge in [0.2, 0.25) is 0 Å². The van der Waals surface area contributed by atoms with Crippen molar-refractivity contribution < 1.29 is 14.3 Å². The van der Waals surface area contributed by atoms with Crippen LogP contribution in [0.25, 0.3) is 0 Å². The number of aliphatic imine (C=N–C) groups is 1. The lowest BCUT2D eigenvalue weighted by Gasteiger charge is -1.95. The van der Waals surface area contributed by atoms with Crippen LogP contribution in [0.4, 0.5) is 0 Å². The number of rotatable bonds is 4. The molecule has 114 valence electrons. The van der Waals surface area contributed by atoms with E-state index in [9.17, 15) is 9.59 Å². The van der Waals surface area contributed by atoms with Crippen molar-refractivity contribution in [3.63, 3.8) is 0 Å². The average Bonchev–Trinajstić information content (AvgIpc) is 2.61. The van der Waals surface area contributed by atoms with Gasteiger partial charge in [0.05, 0.1) is 24.9 Å². The van der Waals surface area contributed by atoms with Crippen molar-refractivity contribution in [3.8, 4) is 0 Å². The number of ether oxygens (including phenoxy) is 1. The highest BCUT2D eigenvalue weighted by molar-refractivity contribution is 6.26. The number of hydrogen-bond acceptors (Lipinski definition) is 4. The first-order valence-corrected chi connectivity index (χ1v) is 6.81. The predicted octanol–water partition coefficient (Wildman–Crippen LogP) is 3.32. The van der Waals surface area contributed by atoms with Crippen LogP contribution in [0, 0.1) is 0 Å². The largest absolute Gasteiger partial charge is 0.465 e. The number of aldehydes is 1. The predicted molar refractivity (Wildman–Crippen MR) is 87.1 cm³/mol. The van der Waals surface area contributed by atoms with E-state index in [-0.39, 0.29) is 5.97 Å². The maximum atomic E-state index is 10.8. The summed E-state index contributed by atoms with van der Waals surface area (Å²) in [4.78, 5) is 25.0. The first kappa shape index (κ1) is 17.3. The number of carbonyl (C=O) groups is 2. The van der Waals surface area contributed by atoms with Gasteiger partial charge in [0, 0.05) is 0 Å². The van der Waals surface area contributed by atoms with E-state index in [0.717, 1.165) is 11.8 Å². The Hall–Kier alpha value is -2.75. The molecule has 0 bridgehead atoms. The fourth-order valence-corrected chi connectivity index (χ4v) is 1.53. The lowest BCUT2D eigenvalue weighted by atomic mass is 10.2. The van der Waals surface area contributed by atoms with Crippen molar-refractivity contribution in [3.05, 3.63) is 71.8 Å². The highest BCUT2D eigenvalue weighted by Gasteiger charge is 2.00. The Morgan fingerprint density at radius 3 is 2.09 bits per heavy atom. The zero-order valence-electron chi connectivity index (χ0n) is 12.7. The maximum Gasteiger partial charge on any atom is 0.337 e. The van der Waals surface area contributed by atoms with Crippen LogP contribution in [0.2, 0.25) is 0 Å². The van der Waals surface area contributed by atoms with Crippen LogP contribution in [-0.4, -0.2) is 25.1 Å². The van der Waals surface area contributed by atoms with E-state index in [4.69, 9.17) is 0 Å². The number of methoxy groups -OCH3 is 1. The topological polar surface area (TPSA) is 55.7 Å². The van der Waals surface area contributed by atoms with Crippen LogP contribution in [0.1, 0.15) is 22.8 Å². The molecule has 0 atom stereocenters. The maximum absolute atomic E-state index is 10.8. The van der Waals surface area contributed by atoms with Crippen LogP contribution in [-0.2, 0) is 16.1 Å². The van der Waals surface area contributed by atoms with Gasteiger partial charge >= 0.3 is 5.97 Å². The Labute approximate surface area is 130 Å². The highest BCUT2D eigenvalue weighted by Crippen LogP contribution is 2.00. The quantitative estimate of drug-likeness (QED) is 0.494. The van der Waals surface area contributed by atoms with E-state index in [0.29, 0.717) is 17.8 Å². The van der Waals surface area contributed by atoms with Crippen molar-refractivity contribution in [2.75, 3.05) is 7.11 Å². The molecule has 0 amide bonds. The Balaban J connectivity index is 0.000000224. The Bertz CT molecular complexity index is 607. The minimum absolute atomic E-state index is 0.291. The van der Waals surface area contributed by atoms with Crippen molar-refractivity contribution in [2.45, 2.75) is 13.5 Å². The van der Waals surface area contributed by atoms with E-state index in [1.807, 2.05) is 36.4 Å². The number of benzene rings is 2. The van der Waals surface area contributed by atoms with E-state index in [1.54, 1.807) is 31.2 Å². The molecule has 0 fully saturated rings. The van der Waals surface area contributed by atoms with Gasteiger partial charge in [-0.3, -0.25) is 9.79 Å². The molecular formula is C18H19NO3. The molecule has 0 radical (unpaired) electrons. The molecule has 0 saturated heterocycles. The van der Waals surface area contributed by atoms with Crippen molar-refractivity contribution in [1.82, 2.24) is 0 Å². The number of carbonyl (C=O) groups excluding carboxylic acids is 2. The fourth-order valence-electron chi connectivity index (χ4n) is 1.53. The Morgan fingerprint density at radius 1 is 1.05 bits per heavy atom. The Kier molecular flexibility index (Phi) is 7.90. The van der Waals surface area contributed by atoms with Crippen LogP contribution in [0.5, 0.6) is 0 Å². The summed E-state index contributed by atoms with van der Waals surface area (Å²) in [5.41, 5.74) is 2.25. The van der Waals surface area contributed by atoms with E-state index >= 15 is 0 Å². The Morgan fingerprint density at radius 2 is 1.59 bits per heavy atom. The third kappa shape index (κ3) is 6.61. The molecule has 0 spiro atoms. The SMILES string of the molecule is CC(C=O)=NCc1ccccc1.COC(=O)c1ccccc1. The third-order valence-corrected chi connectivity index (χ3v) is 2.72. The molecule has 2 rings (SSSR count). The summed E-state index contributed by atoms with van der Waals surface area (Å²) in [6, 6.07) is 18.7. The molecule has 22 heavy (non-hydrogen) atoms. The summed E-state index contributed by atoms with van der Waals surface area (Å²) >= 11 is 0. The summed E-state index contributed by atoms with van der Waals surface area (Å²) in [6.07, 6.45) is 0.767. The van der Waals surface area contributed by atoms with Crippen LogP contribution in [0.15, 0.2) is 65.7 Å². The van der Waals surface area contributed by atoms with Gasteiger partial charge in [-0.1, -0.05) is 48.5 Å². The zero-order chi connectivity index (χ0) is 16.2. The first-order chi connectivity index (χ1) is 10.7. The van der Waals surface area contributed by atoms with Crippen LogP contribution < -0.4 is 0 Å². The first-order valence-electron chi connectivity index (χ1n) is 6.81. The molecule has 4 heteroatoms. The van der Waals surface area contributed by atoms with E-state index in [2.05, 4.69) is 9.73 Å². The van der Waals surface area contributed by atoms with Gasteiger partial charge in [0.1, 0.15) is 0 Å². The normalized spacial score (nSPS) is 10.2. The molecule has 4 nitrogen and oxygen atoms in total. The van der Waals surface area contributed by atoms with Crippen LogP contribution in [0.3, 0.4) is 0 Å². The number of esters is 1. The highest BCUT2D eigenvalue weighted by atomic mass is 16.5. The summed E-state index contributed by atoms with van der Waals surface area (Å²) in [7, 11) is 1.37. The second kappa shape index (κ2) is 10.0. The minimum Gasteiger partial charge on any atom is -0.465 e. The molecule has 0 aliphatic carbocycles. The summed E-state index contributed by atoms with van der Waals surface area (Å²) < 4.78 is 4.50. The van der Waals surface area contributed by atoms with Crippen molar-refractivity contribution in [1.29, 1.82) is 0 Å². The van der Waals surface area contributed by atoms with Crippen molar-refractivity contribution in [2.24, 2.45) is 4.99 Å². The summed E-state index contributed by atoms with van der Waals surface area (Å²) in [5, 5.41) is 0. The summed E-state index contributed by atoms with van der Waals surface area (Å²) in [6.45, 7) is 2.29. The molecule has 0 aliphatic rings. The third-order valence-electron chi connectivity index (χ3n) is 2.72. The van der Waals surface area contributed by atoms with Gasteiger partial charge < -0.3 is 4.74 Å². The molecule has 0 aromatic heterocycles. The number of hydrogen-bond donors (Lipinski definition) is 0. The second-order valence-corrected chi connectivity index (χ2v) is 4.42. The summed E-state index contributed by atoms with van der Waals surface area (Å²) in [5.74, 6) is -0.291. The monoisotopic (exact) mass is 297 g/mol. The molecule has 0 saturated carbocycles. The van der Waals surface area contributed by atoms with E-state index < -0.39 is 0 Å². The molecule has 0 unspecified atom stereocenters. The molecule has 2 aromatic rings. The van der Waals surface area contributed by atoms with E-state index in [1.165, 1.54) is 7.11 Å². The lowest BCUT2D eigenvalue weighted by Crippen LogP contribution is -1.99. The van der Waals surface area contributed by atoms with Crippen molar-refractivity contribution >= 4 is 18.0 Å². The lowest BCUT2D eigenvalue weighted by molar-refractivity contribution is -0.102. The molecular weight excluding hydrogens is 278 g/mol. The average molecular weight is 297 g/mol. The van der Waals surface area contributed by atoms with Crippen LogP contribution >= 0.6 is 0 Å². The molecule has 2 aromatic carbocycles. The zero-order valence-corrected chi connectivity index (χ0v) is 12.7. The number of nitrogens with zero attached hydrogens (tertiary/aromatic N) is 1. The smallest absolute Gasteiger partial charge is 0.337 e. The molecule has 0 aliphatic heterocycles. The van der Waals surface area contributed by atoms with Gasteiger partial charge in [-0.15, -0.1) is 0 Å². The van der Waals surface area contributed by atoms with Gasteiger partial charge in [0.15, 0.2) is 6.29 Å². The second-order valence-electron chi connectivity index (χ2n) is 4.42. The minimum atomic E-state index is -0.291. The fraction of sp³-hybridized carbons (Fsp3) is 0.167. The standard InChI is InChI=1S/C10H11NO.C8H8O2/c1-9(8-12)11-7-10-5-3-2-4-6-10;1-10-8(9)7-5-3-2-4-6-7/h2-6,8H,7H2,1H3;2-6H,1H3. The molecule has 0 heterocycles. The van der Waals surface area contributed by atoms with Gasteiger partial charge in [-0.2, -0.15) is 0 Å². The van der Waals surface area contributed by atoms with Gasteiger partial charge in [-0.05, 0) is 24.6 Å². The van der Waals surface area contributed by atoms with Gasteiger partial charge in [-0.25, -0.2) is 4.79 Å².